The highest BCUT2D eigenvalue weighted by Gasteiger charge is 2.14. The zero-order valence-corrected chi connectivity index (χ0v) is 19.3. The average Bonchev–Trinajstić information content (AvgIpc) is 2.90. The van der Waals surface area contributed by atoms with Gasteiger partial charge in [0.1, 0.15) is 11.6 Å². The van der Waals surface area contributed by atoms with Gasteiger partial charge in [0.05, 0.1) is 17.8 Å². The number of pyridine rings is 1. The third kappa shape index (κ3) is 6.44. The second kappa shape index (κ2) is 11.6. The van der Waals surface area contributed by atoms with Gasteiger partial charge in [-0.1, -0.05) is 54.6 Å². The fourth-order valence-electron chi connectivity index (χ4n) is 3.50. The average molecular weight is 486 g/mol. The van der Waals surface area contributed by atoms with Crippen molar-refractivity contribution < 1.29 is 18.7 Å². The summed E-state index contributed by atoms with van der Waals surface area (Å²) in [6.45, 7) is 0.360. The Bertz CT molecular complexity index is 1420. The molecule has 0 bridgehead atoms. The Kier molecular flexibility index (Phi) is 7.87. The molecule has 0 aliphatic heterocycles. The quantitative estimate of drug-likeness (QED) is 0.375. The smallest absolute Gasteiger partial charge is 0.262 e. The SMILES string of the molecule is O=C(COc1ccccc1C(=O)NCc1ccc(Cn2ccccc2=O)cc1)Nc1ccccc1F. The number of anilines is 1. The molecule has 4 rings (SSSR count). The standard InChI is InChI=1S/C28H24FN3O4/c29-23-8-2-3-9-24(23)31-26(33)19-36-25-10-4-1-7-22(25)28(35)30-17-20-12-14-21(15-13-20)18-32-16-6-5-11-27(32)34/h1-16H,17-19H2,(H,30,35)(H,31,33). The molecule has 182 valence electrons. The number of para-hydroxylation sites is 2. The van der Waals surface area contributed by atoms with E-state index in [1.165, 1.54) is 24.3 Å². The zero-order valence-electron chi connectivity index (χ0n) is 19.3. The van der Waals surface area contributed by atoms with Crippen molar-refractivity contribution in [2.45, 2.75) is 13.1 Å². The summed E-state index contributed by atoms with van der Waals surface area (Å²) in [4.78, 5) is 36.8. The van der Waals surface area contributed by atoms with Crippen LogP contribution in [0.5, 0.6) is 5.75 Å². The van der Waals surface area contributed by atoms with Crippen LogP contribution in [-0.2, 0) is 17.9 Å². The van der Waals surface area contributed by atoms with Crippen LogP contribution in [0.1, 0.15) is 21.5 Å². The molecule has 0 saturated carbocycles. The predicted octanol–water partition coefficient (Wildman–Crippen LogP) is 3.98. The van der Waals surface area contributed by atoms with Crippen LogP contribution in [0, 0.1) is 5.82 Å². The van der Waals surface area contributed by atoms with Crippen molar-refractivity contribution in [2.75, 3.05) is 11.9 Å². The molecule has 2 amide bonds. The lowest BCUT2D eigenvalue weighted by atomic mass is 10.1. The number of hydrogen-bond donors (Lipinski definition) is 2. The first-order chi connectivity index (χ1) is 17.5. The number of hydrogen-bond acceptors (Lipinski definition) is 4. The Morgan fingerprint density at radius 3 is 2.31 bits per heavy atom. The number of amides is 2. The van der Waals surface area contributed by atoms with E-state index < -0.39 is 11.7 Å². The molecule has 3 aromatic carbocycles. The molecule has 1 aromatic heterocycles. The summed E-state index contributed by atoms with van der Waals surface area (Å²) in [5.74, 6) is -1.22. The number of carbonyl (C=O) groups excluding carboxylic acids is 2. The van der Waals surface area contributed by atoms with E-state index in [1.54, 1.807) is 47.2 Å². The summed E-state index contributed by atoms with van der Waals surface area (Å²) < 4.78 is 20.9. The third-order valence-electron chi connectivity index (χ3n) is 5.37. The van der Waals surface area contributed by atoms with E-state index in [2.05, 4.69) is 10.6 Å². The van der Waals surface area contributed by atoms with Crippen molar-refractivity contribution in [3.8, 4) is 5.75 Å². The maximum Gasteiger partial charge on any atom is 0.262 e. The molecule has 0 radical (unpaired) electrons. The van der Waals surface area contributed by atoms with Crippen LogP contribution < -0.4 is 20.9 Å². The van der Waals surface area contributed by atoms with E-state index in [9.17, 15) is 18.8 Å². The monoisotopic (exact) mass is 485 g/mol. The molecule has 0 saturated heterocycles. The fourth-order valence-corrected chi connectivity index (χ4v) is 3.50. The van der Waals surface area contributed by atoms with E-state index >= 15 is 0 Å². The Labute approximate surface area is 207 Å². The number of nitrogens with zero attached hydrogens (tertiary/aromatic N) is 1. The minimum atomic E-state index is -0.548. The summed E-state index contributed by atoms with van der Waals surface area (Å²) >= 11 is 0. The van der Waals surface area contributed by atoms with Crippen molar-refractivity contribution in [1.29, 1.82) is 0 Å². The van der Waals surface area contributed by atoms with Gasteiger partial charge in [0.25, 0.3) is 17.4 Å². The number of benzene rings is 3. The summed E-state index contributed by atoms with van der Waals surface area (Å²) in [7, 11) is 0. The second-order valence-electron chi connectivity index (χ2n) is 7.98. The molecule has 0 fully saturated rings. The number of ether oxygens (including phenoxy) is 1. The number of halogens is 1. The van der Waals surface area contributed by atoms with Crippen molar-refractivity contribution >= 4 is 17.5 Å². The lowest BCUT2D eigenvalue weighted by Gasteiger charge is -2.12. The molecular formula is C28H24FN3O4. The van der Waals surface area contributed by atoms with Gasteiger partial charge in [0.15, 0.2) is 6.61 Å². The molecule has 7 nitrogen and oxygen atoms in total. The summed E-state index contributed by atoms with van der Waals surface area (Å²) in [6, 6.07) is 25.0. The number of rotatable bonds is 9. The lowest BCUT2D eigenvalue weighted by Crippen LogP contribution is -2.25. The molecule has 0 unspecified atom stereocenters. The van der Waals surface area contributed by atoms with Gasteiger partial charge in [-0.2, -0.15) is 0 Å². The first kappa shape index (κ1) is 24.4. The normalized spacial score (nSPS) is 10.5. The highest BCUT2D eigenvalue weighted by atomic mass is 19.1. The molecule has 4 aromatic rings. The van der Waals surface area contributed by atoms with Gasteiger partial charge in [-0.15, -0.1) is 0 Å². The van der Waals surface area contributed by atoms with Gasteiger partial charge in [0.2, 0.25) is 0 Å². The predicted molar refractivity (Wildman–Crippen MR) is 134 cm³/mol. The van der Waals surface area contributed by atoms with Gasteiger partial charge in [0, 0.05) is 18.8 Å². The van der Waals surface area contributed by atoms with E-state index in [1.807, 2.05) is 30.3 Å². The number of aromatic nitrogens is 1. The molecule has 36 heavy (non-hydrogen) atoms. The van der Waals surface area contributed by atoms with Crippen molar-refractivity contribution in [3.05, 3.63) is 130 Å². The molecule has 0 aliphatic carbocycles. The Morgan fingerprint density at radius 2 is 1.53 bits per heavy atom. The minimum Gasteiger partial charge on any atom is -0.483 e. The van der Waals surface area contributed by atoms with Crippen LogP contribution in [0.15, 0.2) is 102 Å². The Balaban J connectivity index is 1.32. The maximum atomic E-state index is 13.7. The zero-order chi connectivity index (χ0) is 25.3. The molecule has 0 aliphatic rings. The van der Waals surface area contributed by atoms with Crippen LogP contribution in [0.4, 0.5) is 10.1 Å². The number of nitrogens with one attached hydrogen (secondary N) is 2. The van der Waals surface area contributed by atoms with E-state index in [-0.39, 0.29) is 41.6 Å². The summed E-state index contributed by atoms with van der Waals surface area (Å²) in [6.07, 6.45) is 1.74. The molecule has 0 spiro atoms. The number of carbonyl (C=O) groups is 2. The lowest BCUT2D eigenvalue weighted by molar-refractivity contribution is -0.118. The van der Waals surface area contributed by atoms with Crippen molar-refractivity contribution in [1.82, 2.24) is 9.88 Å². The van der Waals surface area contributed by atoms with Crippen LogP contribution >= 0.6 is 0 Å². The topological polar surface area (TPSA) is 89.4 Å². The van der Waals surface area contributed by atoms with E-state index in [0.29, 0.717) is 6.54 Å². The molecule has 1 heterocycles. The second-order valence-corrected chi connectivity index (χ2v) is 7.98. The highest BCUT2D eigenvalue weighted by Crippen LogP contribution is 2.19. The van der Waals surface area contributed by atoms with Gasteiger partial charge in [-0.3, -0.25) is 14.4 Å². The molecule has 0 atom stereocenters. The first-order valence-corrected chi connectivity index (χ1v) is 11.3. The van der Waals surface area contributed by atoms with Crippen molar-refractivity contribution in [2.24, 2.45) is 0 Å². The van der Waals surface area contributed by atoms with Crippen LogP contribution in [0.2, 0.25) is 0 Å². The van der Waals surface area contributed by atoms with Crippen LogP contribution in [-0.4, -0.2) is 23.0 Å². The Hall–Kier alpha value is -4.72. The van der Waals surface area contributed by atoms with Crippen LogP contribution in [0.25, 0.3) is 0 Å². The summed E-state index contributed by atoms with van der Waals surface area (Å²) in [5.41, 5.74) is 2.11. The van der Waals surface area contributed by atoms with E-state index in [0.717, 1.165) is 11.1 Å². The summed E-state index contributed by atoms with van der Waals surface area (Å²) in [5, 5.41) is 5.28. The third-order valence-corrected chi connectivity index (χ3v) is 5.37. The molecular weight excluding hydrogens is 461 g/mol. The minimum absolute atomic E-state index is 0.0546. The van der Waals surface area contributed by atoms with Gasteiger partial charge in [-0.05, 0) is 41.5 Å². The largest absolute Gasteiger partial charge is 0.483 e. The Morgan fingerprint density at radius 1 is 0.833 bits per heavy atom. The van der Waals surface area contributed by atoms with Gasteiger partial charge < -0.3 is 19.9 Å². The molecule has 2 N–H and O–H groups in total. The first-order valence-electron chi connectivity index (χ1n) is 11.3. The van der Waals surface area contributed by atoms with Crippen LogP contribution in [0.3, 0.4) is 0 Å². The fraction of sp³-hybridized carbons (Fsp3) is 0.107. The maximum absolute atomic E-state index is 13.7. The van der Waals surface area contributed by atoms with Crippen molar-refractivity contribution in [3.63, 3.8) is 0 Å². The van der Waals surface area contributed by atoms with Gasteiger partial charge >= 0.3 is 0 Å². The highest BCUT2D eigenvalue weighted by molar-refractivity contribution is 5.97. The van der Waals surface area contributed by atoms with E-state index in [4.69, 9.17) is 4.74 Å². The van der Waals surface area contributed by atoms with Gasteiger partial charge in [-0.25, -0.2) is 4.39 Å². The molecule has 8 heteroatoms.